The molecule has 2 rings (SSSR count). The normalized spacial score (nSPS) is 25.6. The first-order valence-electron chi connectivity index (χ1n) is 6.30. The van der Waals surface area contributed by atoms with Crippen molar-refractivity contribution in [2.75, 3.05) is 6.61 Å². The minimum Gasteiger partial charge on any atom is -0.376 e. The lowest BCUT2D eigenvalue weighted by Crippen LogP contribution is -2.47. The smallest absolute Gasteiger partial charge is 0.0847 e. The fourth-order valence-corrected chi connectivity index (χ4v) is 2.85. The van der Waals surface area contributed by atoms with Crippen molar-refractivity contribution in [1.82, 2.24) is 15.2 Å². The van der Waals surface area contributed by atoms with Gasteiger partial charge in [0.1, 0.15) is 0 Å². The third-order valence-corrected chi connectivity index (χ3v) is 4.22. The molecule has 1 aromatic rings. The largest absolute Gasteiger partial charge is 0.376 e. The molecule has 102 valence electrons. The maximum Gasteiger partial charge on any atom is 0.0847 e. The van der Waals surface area contributed by atoms with Gasteiger partial charge in [0.15, 0.2) is 0 Å². The molecule has 0 radical (unpaired) electrons. The Labute approximate surface area is 113 Å². The van der Waals surface area contributed by atoms with Crippen LogP contribution in [0.4, 0.5) is 0 Å². The molecule has 0 aliphatic carbocycles. The molecule has 0 spiro atoms. The molecule has 0 amide bonds. The maximum atomic E-state index is 6.27. The molecule has 1 aliphatic heterocycles. The Balaban J connectivity index is 2.15. The van der Waals surface area contributed by atoms with Crippen molar-refractivity contribution in [2.45, 2.75) is 38.8 Å². The molecule has 3 atom stereocenters. The van der Waals surface area contributed by atoms with Gasteiger partial charge in [-0.1, -0.05) is 18.5 Å². The lowest BCUT2D eigenvalue weighted by atomic mass is 9.95. The van der Waals surface area contributed by atoms with Crippen LogP contribution in [0.3, 0.4) is 0 Å². The zero-order valence-corrected chi connectivity index (χ0v) is 11.9. The number of hydrogen-bond acceptors (Lipinski definition) is 4. The zero-order valence-electron chi connectivity index (χ0n) is 11.1. The maximum absolute atomic E-state index is 6.27. The molecule has 1 fully saturated rings. The van der Waals surface area contributed by atoms with E-state index in [4.69, 9.17) is 22.2 Å². The summed E-state index contributed by atoms with van der Waals surface area (Å²) < 4.78 is 7.58. The second-order valence-electron chi connectivity index (χ2n) is 5.05. The van der Waals surface area contributed by atoms with E-state index in [1.54, 1.807) is 0 Å². The van der Waals surface area contributed by atoms with Crippen LogP contribution in [0, 0.1) is 12.8 Å². The van der Waals surface area contributed by atoms with Crippen LogP contribution in [-0.2, 0) is 18.2 Å². The minimum atomic E-state index is 0.0646. The average Bonchev–Trinajstić information content (AvgIpc) is 2.84. The number of ether oxygens (including phenoxy) is 1. The lowest BCUT2D eigenvalue weighted by Gasteiger charge is -2.25. The summed E-state index contributed by atoms with van der Waals surface area (Å²) in [5, 5.41) is 5.04. The Kier molecular flexibility index (Phi) is 4.27. The van der Waals surface area contributed by atoms with E-state index in [0.29, 0.717) is 5.92 Å². The first-order valence-corrected chi connectivity index (χ1v) is 6.68. The number of hydrazine groups is 1. The SMILES string of the molecule is Cc1nn(C)c(CC(NN)C2OCCC2C)c1Cl. The van der Waals surface area contributed by atoms with Crippen molar-refractivity contribution in [1.29, 1.82) is 0 Å². The molecule has 5 nitrogen and oxygen atoms in total. The van der Waals surface area contributed by atoms with E-state index in [2.05, 4.69) is 17.4 Å². The fourth-order valence-electron chi connectivity index (χ4n) is 2.61. The number of aromatic nitrogens is 2. The van der Waals surface area contributed by atoms with Crippen molar-refractivity contribution in [3.05, 3.63) is 16.4 Å². The highest BCUT2D eigenvalue weighted by atomic mass is 35.5. The Hall–Kier alpha value is -0.620. The second kappa shape index (κ2) is 5.57. The Morgan fingerprint density at radius 3 is 2.83 bits per heavy atom. The number of nitrogens with zero attached hydrogens (tertiary/aromatic N) is 2. The summed E-state index contributed by atoms with van der Waals surface area (Å²) in [4.78, 5) is 0. The summed E-state index contributed by atoms with van der Waals surface area (Å²) in [7, 11) is 1.90. The first kappa shape index (κ1) is 13.8. The van der Waals surface area contributed by atoms with Crippen molar-refractivity contribution in [3.63, 3.8) is 0 Å². The van der Waals surface area contributed by atoms with E-state index < -0.39 is 0 Å². The van der Waals surface area contributed by atoms with Gasteiger partial charge in [-0.25, -0.2) is 0 Å². The number of aryl methyl sites for hydroxylation is 2. The molecule has 3 unspecified atom stereocenters. The number of nitrogens with two attached hydrogens (primary N) is 1. The van der Waals surface area contributed by atoms with Gasteiger partial charge in [0.05, 0.1) is 28.6 Å². The second-order valence-corrected chi connectivity index (χ2v) is 5.43. The van der Waals surface area contributed by atoms with Crippen molar-refractivity contribution in [2.24, 2.45) is 18.8 Å². The zero-order chi connectivity index (χ0) is 13.3. The molecule has 3 N–H and O–H groups in total. The number of halogens is 1. The third kappa shape index (κ3) is 2.54. The standard InChI is InChI=1S/C12H21ClN4O/c1-7-4-5-18-12(7)9(15-14)6-10-11(13)8(2)16-17(10)3/h7,9,12,15H,4-6,14H2,1-3H3. The van der Waals surface area contributed by atoms with E-state index in [-0.39, 0.29) is 12.1 Å². The monoisotopic (exact) mass is 272 g/mol. The molecule has 0 bridgehead atoms. The van der Waals surface area contributed by atoms with Gasteiger partial charge in [-0.15, -0.1) is 0 Å². The summed E-state index contributed by atoms with van der Waals surface area (Å²) in [5.74, 6) is 6.18. The van der Waals surface area contributed by atoms with Crippen LogP contribution in [0.15, 0.2) is 0 Å². The molecule has 0 aromatic carbocycles. The van der Waals surface area contributed by atoms with Crippen LogP contribution in [-0.4, -0.2) is 28.5 Å². The number of nitrogens with one attached hydrogen (secondary N) is 1. The molecular weight excluding hydrogens is 252 g/mol. The quantitative estimate of drug-likeness (QED) is 0.638. The Bertz CT molecular complexity index is 420. The van der Waals surface area contributed by atoms with Gasteiger partial charge in [0.2, 0.25) is 0 Å². The van der Waals surface area contributed by atoms with Crippen LogP contribution in [0.1, 0.15) is 24.7 Å². The van der Waals surface area contributed by atoms with Crippen LogP contribution >= 0.6 is 11.6 Å². The third-order valence-electron chi connectivity index (χ3n) is 3.73. The van der Waals surface area contributed by atoms with Crippen molar-refractivity contribution in [3.8, 4) is 0 Å². The summed E-state index contributed by atoms with van der Waals surface area (Å²) in [6.07, 6.45) is 1.95. The highest BCUT2D eigenvalue weighted by Gasteiger charge is 2.32. The van der Waals surface area contributed by atoms with Gasteiger partial charge in [0.25, 0.3) is 0 Å². The van der Waals surface area contributed by atoms with Crippen LogP contribution in [0.5, 0.6) is 0 Å². The molecule has 2 heterocycles. The molecule has 1 saturated heterocycles. The van der Waals surface area contributed by atoms with E-state index in [1.165, 1.54) is 0 Å². The van der Waals surface area contributed by atoms with Crippen LogP contribution in [0.25, 0.3) is 0 Å². The fraction of sp³-hybridized carbons (Fsp3) is 0.750. The van der Waals surface area contributed by atoms with Crippen LogP contribution < -0.4 is 11.3 Å². The molecule has 1 aromatic heterocycles. The predicted molar refractivity (Wildman–Crippen MR) is 71.3 cm³/mol. The minimum absolute atomic E-state index is 0.0646. The van der Waals surface area contributed by atoms with E-state index >= 15 is 0 Å². The van der Waals surface area contributed by atoms with Crippen molar-refractivity contribution >= 4 is 11.6 Å². The topological polar surface area (TPSA) is 65.1 Å². The Morgan fingerprint density at radius 2 is 2.39 bits per heavy atom. The molecular formula is C12H21ClN4O. The number of hydrogen-bond donors (Lipinski definition) is 2. The highest BCUT2D eigenvalue weighted by molar-refractivity contribution is 6.31. The van der Waals surface area contributed by atoms with E-state index in [0.717, 1.165) is 35.9 Å². The van der Waals surface area contributed by atoms with Gasteiger partial charge in [-0.2, -0.15) is 5.10 Å². The summed E-state index contributed by atoms with van der Waals surface area (Å²) in [6.45, 7) is 4.91. The van der Waals surface area contributed by atoms with Gasteiger partial charge >= 0.3 is 0 Å². The summed E-state index contributed by atoms with van der Waals surface area (Å²) in [5.41, 5.74) is 4.71. The summed E-state index contributed by atoms with van der Waals surface area (Å²) >= 11 is 6.27. The van der Waals surface area contributed by atoms with Crippen molar-refractivity contribution < 1.29 is 4.74 Å². The lowest BCUT2D eigenvalue weighted by molar-refractivity contribution is 0.0605. The van der Waals surface area contributed by atoms with Gasteiger partial charge in [0, 0.05) is 20.1 Å². The van der Waals surface area contributed by atoms with E-state index in [9.17, 15) is 0 Å². The molecule has 18 heavy (non-hydrogen) atoms. The van der Waals surface area contributed by atoms with Crippen LogP contribution in [0.2, 0.25) is 5.02 Å². The van der Waals surface area contributed by atoms with E-state index in [1.807, 2.05) is 18.7 Å². The first-order chi connectivity index (χ1) is 8.54. The van der Waals surface area contributed by atoms with Gasteiger partial charge in [-0.05, 0) is 19.3 Å². The molecule has 6 heteroatoms. The van der Waals surface area contributed by atoms with Gasteiger partial charge < -0.3 is 4.74 Å². The van der Waals surface area contributed by atoms with Gasteiger partial charge in [-0.3, -0.25) is 16.0 Å². The number of rotatable bonds is 4. The predicted octanol–water partition coefficient (Wildman–Crippen LogP) is 1.18. The summed E-state index contributed by atoms with van der Waals surface area (Å²) in [6, 6.07) is 0.0646. The average molecular weight is 273 g/mol. The molecule has 0 saturated carbocycles. The highest BCUT2D eigenvalue weighted by Crippen LogP contribution is 2.27. The molecule has 1 aliphatic rings. The Morgan fingerprint density at radius 1 is 1.67 bits per heavy atom.